The van der Waals surface area contributed by atoms with E-state index in [4.69, 9.17) is 0 Å². The summed E-state index contributed by atoms with van der Waals surface area (Å²) in [6.07, 6.45) is 0.0547. The summed E-state index contributed by atoms with van der Waals surface area (Å²) in [7, 11) is 1.41. The first-order chi connectivity index (χ1) is 9.47. The number of benzene rings is 1. The van der Waals surface area contributed by atoms with Gasteiger partial charge in [-0.1, -0.05) is 0 Å². The highest BCUT2D eigenvalue weighted by Crippen LogP contribution is 2.10. The predicted octanol–water partition coefficient (Wildman–Crippen LogP) is 0.111. The van der Waals surface area contributed by atoms with Crippen molar-refractivity contribution in [1.82, 2.24) is 10.2 Å². The first kappa shape index (κ1) is 14.1. The molecule has 1 aromatic rings. The molecule has 3 amide bonds. The molecule has 0 saturated carbocycles. The summed E-state index contributed by atoms with van der Waals surface area (Å²) < 4.78 is 12.7. The van der Waals surface area contributed by atoms with Crippen LogP contribution in [0.4, 0.5) is 10.1 Å². The molecule has 0 aliphatic carbocycles. The summed E-state index contributed by atoms with van der Waals surface area (Å²) in [4.78, 5) is 35.6. The molecule has 6 nitrogen and oxygen atoms in total. The first-order valence-corrected chi connectivity index (χ1v) is 6.06. The SMILES string of the molecule is CN1C(=O)CC(NCC(=O)Nc2ccc(F)cc2)C1=O. The Morgan fingerprint density at radius 1 is 1.35 bits per heavy atom. The van der Waals surface area contributed by atoms with Gasteiger partial charge in [0, 0.05) is 12.7 Å². The lowest BCUT2D eigenvalue weighted by Crippen LogP contribution is -2.41. The van der Waals surface area contributed by atoms with E-state index in [1.165, 1.54) is 31.3 Å². The van der Waals surface area contributed by atoms with Gasteiger partial charge in [0.25, 0.3) is 0 Å². The number of imide groups is 1. The maximum Gasteiger partial charge on any atom is 0.246 e. The van der Waals surface area contributed by atoms with E-state index in [-0.39, 0.29) is 36.5 Å². The quantitative estimate of drug-likeness (QED) is 0.767. The van der Waals surface area contributed by atoms with E-state index in [9.17, 15) is 18.8 Å². The Kier molecular flexibility index (Phi) is 4.09. The molecule has 1 aliphatic heterocycles. The number of carbonyl (C=O) groups excluding carboxylic acids is 3. The highest BCUT2D eigenvalue weighted by Gasteiger charge is 2.35. The van der Waals surface area contributed by atoms with Gasteiger partial charge in [-0.25, -0.2) is 4.39 Å². The fourth-order valence-corrected chi connectivity index (χ4v) is 1.87. The van der Waals surface area contributed by atoms with Crippen LogP contribution in [-0.4, -0.2) is 42.3 Å². The van der Waals surface area contributed by atoms with Crippen LogP contribution < -0.4 is 10.6 Å². The molecule has 0 aromatic heterocycles. The van der Waals surface area contributed by atoms with Crippen LogP contribution in [0.15, 0.2) is 24.3 Å². The number of halogens is 1. The number of nitrogens with zero attached hydrogens (tertiary/aromatic N) is 1. The Morgan fingerprint density at radius 2 is 2.00 bits per heavy atom. The van der Waals surface area contributed by atoms with Gasteiger partial charge in [0.2, 0.25) is 17.7 Å². The highest BCUT2D eigenvalue weighted by atomic mass is 19.1. The highest BCUT2D eigenvalue weighted by molar-refractivity contribution is 6.05. The van der Waals surface area contributed by atoms with Crippen LogP contribution in [-0.2, 0) is 14.4 Å². The molecule has 7 heteroatoms. The molecule has 1 aliphatic rings. The second kappa shape index (κ2) is 5.79. The van der Waals surface area contributed by atoms with Crippen molar-refractivity contribution in [3.05, 3.63) is 30.1 Å². The van der Waals surface area contributed by atoms with Gasteiger partial charge in [0.05, 0.1) is 19.0 Å². The van der Waals surface area contributed by atoms with Crippen molar-refractivity contribution < 1.29 is 18.8 Å². The third-order valence-electron chi connectivity index (χ3n) is 3.02. The van der Waals surface area contributed by atoms with E-state index in [2.05, 4.69) is 10.6 Å². The lowest BCUT2D eigenvalue weighted by molar-refractivity contribution is -0.137. The predicted molar refractivity (Wildman–Crippen MR) is 69.2 cm³/mol. The number of nitrogens with one attached hydrogen (secondary N) is 2. The van der Waals surface area contributed by atoms with Gasteiger partial charge in [-0.05, 0) is 24.3 Å². The Balaban J connectivity index is 1.82. The first-order valence-electron chi connectivity index (χ1n) is 6.06. The Morgan fingerprint density at radius 3 is 2.55 bits per heavy atom. The largest absolute Gasteiger partial charge is 0.325 e. The molecule has 1 fully saturated rings. The molecule has 1 atom stereocenters. The Bertz CT molecular complexity index is 544. The van der Waals surface area contributed by atoms with Crippen molar-refractivity contribution in [2.45, 2.75) is 12.5 Å². The fourth-order valence-electron chi connectivity index (χ4n) is 1.87. The number of likely N-dealkylation sites (tertiary alicyclic amines) is 1. The molecular formula is C13H14FN3O3. The lowest BCUT2D eigenvalue weighted by atomic mass is 10.2. The van der Waals surface area contributed by atoms with Crippen molar-refractivity contribution in [3.63, 3.8) is 0 Å². The van der Waals surface area contributed by atoms with Crippen molar-refractivity contribution >= 4 is 23.4 Å². The minimum atomic E-state index is -0.661. The Hall–Kier alpha value is -2.28. The van der Waals surface area contributed by atoms with Crippen LogP contribution in [0, 0.1) is 5.82 Å². The van der Waals surface area contributed by atoms with E-state index < -0.39 is 6.04 Å². The van der Waals surface area contributed by atoms with Gasteiger partial charge >= 0.3 is 0 Å². The van der Waals surface area contributed by atoms with Gasteiger partial charge < -0.3 is 5.32 Å². The zero-order valence-corrected chi connectivity index (χ0v) is 10.9. The maximum absolute atomic E-state index is 12.7. The number of hydrogen-bond acceptors (Lipinski definition) is 4. The zero-order valence-electron chi connectivity index (χ0n) is 10.9. The third kappa shape index (κ3) is 3.18. The molecule has 0 spiro atoms. The van der Waals surface area contributed by atoms with Crippen molar-refractivity contribution in [1.29, 1.82) is 0 Å². The van der Waals surface area contributed by atoms with Crippen molar-refractivity contribution in [3.8, 4) is 0 Å². The number of likely N-dealkylation sites (N-methyl/N-ethyl adjacent to an activating group) is 1. The third-order valence-corrected chi connectivity index (χ3v) is 3.02. The molecule has 2 rings (SSSR count). The van der Waals surface area contributed by atoms with Gasteiger partial charge in [-0.15, -0.1) is 0 Å². The maximum atomic E-state index is 12.7. The van der Waals surface area contributed by atoms with Crippen LogP contribution in [0.2, 0.25) is 0 Å². The van der Waals surface area contributed by atoms with Crippen LogP contribution in [0.3, 0.4) is 0 Å². The van der Waals surface area contributed by atoms with E-state index in [0.717, 1.165) is 4.90 Å². The van der Waals surface area contributed by atoms with Crippen LogP contribution in [0.5, 0.6) is 0 Å². The average molecular weight is 279 g/mol. The average Bonchev–Trinajstić information content (AvgIpc) is 2.66. The number of carbonyl (C=O) groups is 3. The number of anilines is 1. The molecule has 0 radical (unpaired) electrons. The van der Waals surface area contributed by atoms with Gasteiger partial charge in [-0.2, -0.15) is 0 Å². The molecule has 1 heterocycles. The van der Waals surface area contributed by atoms with Crippen LogP contribution in [0.25, 0.3) is 0 Å². The molecule has 20 heavy (non-hydrogen) atoms. The number of rotatable bonds is 4. The number of amides is 3. The van der Waals surface area contributed by atoms with Gasteiger partial charge in [0.1, 0.15) is 5.82 Å². The van der Waals surface area contributed by atoms with E-state index in [0.29, 0.717) is 5.69 Å². The molecule has 1 unspecified atom stereocenters. The fraction of sp³-hybridized carbons (Fsp3) is 0.308. The summed E-state index contributed by atoms with van der Waals surface area (Å²) in [5.41, 5.74) is 0.462. The molecule has 1 saturated heterocycles. The summed E-state index contributed by atoms with van der Waals surface area (Å²) in [5.74, 6) is -1.37. The summed E-state index contributed by atoms with van der Waals surface area (Å²) >= 11 is 0. The zero-order chi connectivity index (χ0) is 14.7. The van der Waals surface area contributed by atoms with Crippen LogP contribution >= 0.6 is 0 Å². The van der Waals surface area contributed by atoms with Gasteiger partial charge in [-0.3, -0.25) is 24.6 Å². The van der Waals surface area contributed by atoms with E-state index in [1.807, 2.05) is 0 Å². The molecular weight excluding hydrogens is 265 g/mol. The minimum absolute atomic E-state index is 0.0547. The van der Waals surface area contributed by atoms with Crippen LogP contribution in [0.1, 0.15) is 6.42 Å². The molecule has 1 aromatic carbocycles. The van der Waals surface area contributed by atoms with Gasteiger partial charge in [0.15, 0.2) is 0 Å². The van der Waals surface area contributed by atoms with E-state index >= 15 is 0 Å². The Labute approximate surface area is 114 Å². The van der Waals surface area contributed by atoms with E-state index in [1.54, 1.807) is 0 Å². The molecule has 2 N–H and O–H groups in total. The monoisotopic (exact) mass is 279 g/mol. The van der Waals surface area contributed by atoms with Crippen molar-refractivity contribution in [2.75, 3.05) is 18.9 Å². The summed E-state index contributed by atoms with van der Waals surface area (Å²) in [5, 5.41) is 5.28. The summed E-state index contributed by atoms with van der Waals surface area (Å²) in [6.45, 7) is -0.102. The standard InChI is InChI=1S/C13H14FN3O3/c1-17-12(19)6-10(13(17)20)15-7-11(18)16-9-4-2-8(14)3-5-9/h2-5,10,15H,6-7H2,1H3,(H,16,18). The lowest BCUT2D eigenvalue weighted by Gasteiger charge is -2.11. The minimum Gasteiger partial charge on any atom is -0.325 e. The second-order valence-corrected chi connectivity index (χ2v) is 4.48. The molecule has 106 valence electrons. The number of hydrogen-bond donors (Lipinski definition) is 2. The topological polar surface area (TPSA) is 78.5 Å². The second-order valence-electron chi connectivity index (χ2n) is 4.48. The normalized spacial score (nSPS) is 18.5. The van der Waals surface area contributed by atoms with Crippen molar-refractivity contribution in [2.24, 2.45) is 0 Å². The smallest absolute Gasteiger partial charge is 0.246 e. The molecule has 0 bridgehead atoms. The summed E-state index contributed by atoms with van der Waals surface area (Å²) in [6, 6.07) is 4.68.